The third-order valence-corrected chi connectivity index (χ3v) is 5.44. The average Bonchev–Trinajstić information content (AvgIpc) is 2.58. The zero-order valence-electron chi connectivity index (χ0n) is 13.4. The van der Waals surface area contributed by atoms with E-state index in [4.69, 9.17) is 4.74 Å². The van der Waals surface area contributed by atoms with E-state index in [2.05, 4.69) is 4.72 Å². The van der Waals surface area contributed by atoms with E-state index < -0.39 is 10.0 Å². The average molecular weight is 346 g/mol. The van der Waals surface area contributed by atoms with E-state index >= 15 is 0 Å². The van der Waals surface area contributed by atoms with Gasteiger partial charge in [-0.2, -0.15) is 0 Å². The van der Waals surface area contributed by atoms with Crippen molar-refractivity contribution >= 4 is 27.3 Å². The Hall–Kier alpha value is -2.54. The maximum absolute atomic E-state index is 12.5. The van der Waals surface area contributed by atoms with Gasteiger partial charge in [0.05, 0.1) is 12.0 Å². The number of anilines is 2. The highest BCUT2D eigenvalue weighted by molar-refractivity contribution is 7.92. The lowest BCUT2D eigenvalue weighted by molar-refractivity contribution is -0.118. The van der Waals surface area contributed by atoms with Crippen molar-refractivity contribution in [2.45, 2.75) is 17.7 Å². The van der Waals surface area contributed by atoms with Gasteiger partial charge in [-0.25, -0.2) is 8.42 Å². The number of hydrogen-bond donors (Lipinski definition) is 1. The van der Waals surface area contributed by atoms with E-state index in [0.29, 0.717) is 24.3 Å². The molecule has 1 heterocycles. The van der Waals surface area contributed by atoms with Crippen LogP contribution in [0.1, 0.15) is 12.0 Å². The molecule has 24 heavy (non-hydrogen) atoms. The van der Waals surface area contributed by atoms with Crippen LogP contribution in [0.3, 0.4) is 0 Å². The molecule has 0 aromatic heterocycles. The smallest absolute Gasteiger partial charge is 0.261 e. The molecular formula is C17H18N2O4S. The number of carbonyl (C=O) groups excluding carboxylic acids is 1. The minimum atomic E-state index is -3.68. The van der Waals surface area contributed by atoms with E-state index in [1.807, 2.05) is 0 Å². The highest BCUT2D eigenvalue weighted by Gasteiger charge is 2.22. The van der Waals surface area contributed by atoms with Crippen molar-refractivity contribution in [3.63, 3.8) is 0 Å². The van der Waals surface area contributed by atoms with Crippen LogP contribution in [-0.2, 0) is 21.2 Å². The van der Waals surface area contributed by atoms with Gasteiger partial charge in [-0.1, -0.05) is 0 Å². The third kappa shape index (κ3) is 3.07. The van der Waals surface area contributed by atoms with Crippen LogP contribution in [0.15, 0.2) is 47.4 Å². The van der Waals surface area contributed by atoms with Crippen LogP contribution in [0.5, 0.6) is 5.75 Å². The first-order chi connectivity index (χ1) is 11.4. The Balaban J connectivity index is 1.86. The number of benzene rings is 2. The topological polar surface area (TPSA) is 75.7 Å². The quantitative estimate of drug-likeness (QED) is 0.922. The van der Waals surface area contributed by atoms with E-state index in [1.54, 1.807) is 42.3 Å². The first-order valence-corrected chi connectivity index (χ1v) is 8.95. The highest BCUT2D eigenvalue weighted by Crippen LogP contribution is 2.30. The Bertz CT molecular complexity index is 876. The number of sulfonamides is 1. The molecule has 7 heteroatoms. The molecule has 0 bridgehead atoms. The lowest BCUT2D eigenvalue weighted by Gasteiger charge is -2.26. The summed E-state index contributed by atoms with van der Waals surface area (Å²) in [5, 5.41) is 0. The van der Waals surface area contributed by atoms with Crippen LogP contribution in [0.4, 0.5) is 11.4 Å². The Morgan fingerprint density at radius 1 is 1.08 bits per heavy atom. The third-order valence-electron chi connectivity index (χ3n) is 4.05. The number of nitrogens with one attached hydrogen (secondary N) is 1. The minimum absolute atomic E-state index is 0.0639. The highest BCUT2D eigenvalue weighted by atomic mass is 32.2. The van der Waals surface area contributed by atoms with Crippen LogP contribution in [0.25, 0.3) is 0 Å². The Morgan fingerprint density at radius 3 is 2.46 bits per heavy atom. The van der Waals surface area contributed by atoms with E-state index in [0.717, 1.165) is 11.3 Å². The fourth-order valence-corrected chi connectivity index (χ4v) is 3.74. The predicted octanol–water partition coefficient (Wildman–Crippen LogP) is 2.41. The van der Waals surface area contributed by atoms with Gasteiger partial charge >= 0.3 is 0 Å². The summed E-state index contributed by atoms with van der Waals surface area (Å²) in [7, 11) is -0.427. The minimum Gasteiger partial charge on any atom is -0.497 e. The van der Waals surface area contributed by atoms with Gasteiger partial charge in [0, 0.05) is 24.8 Å². The summed E-state index contributed by atoms with van der Waals surface area (Å²) < 4.78 is 32.5. The fraction of sp³-hybridized carbons (Fsp3) is 0.235. The van der Waals surface area contributed by atoms with Gasteiger partial charge in [0.2, 0.25) is 5.91 Å². The largest absolute Gasteiger partial charge is 0.497 e. The molecule has 2 aromatic rings. The second-order valence-corrected chi connectivity index (χ2v) is 7.26. The fourth-order valence-electron chi connectivity index (χ4n) is 2.69. The molecule has 0 spiro atoms. The lowest BCUT2D eigenvalue weighted by atomic mass is 10.0. The number of carbonyl (C=O) groups is 1. The van der Waals surface area contributed by atoms with Crippen LogP contribution in [0.2, 0.25) is 0 Å². The molecule has 0 unspecified atom stereocenters. The second kappa shape index (κ2) is 6.16. The summed E-state index contributed by atoms with van der Waals surface area (Å²) >= 11 is 0. The van der Waals surface area contributed by atoms with Crippen LogP contribution in [-0.4, -0.2) is 28.5 Å². The summed E-state index contributed by atoms with van der Waals surface area (Å²) in [6.45, 7) is 0. The number of aryl methyl sites for hydroxylation is 1. The van der Waals surface area contributed by atoms with Crippen molar-refractivity contribution in [2.75, 3.05) is 23.8 Å². The van der Waals surface area contributed by atoms with Crippen molar-refractivity contribution in [3.8, 4) is 5.75 Å². The summed E-state index contributed by atoms with van der Waals surface area (Å²) in [5.41, 5.74) is 2.25. The summed E-state index contributed by atoms with van der Waals surface area (Å²) in [4.78, 5) is 13.5. The maximum atomic E-state index is 12.5. The van der Waals surface area contributed by atoms with Gasteiger partial charge in [-0.15, -0.1) is 0 Å². The Morgan fingerprint density at radius 2 is 1.79 bits per heavy atom. The van der Waals surface area contributed by atoms with E-state index in [1.165, 1.54) is 19.2 Å². The molecule has 126 valence electrons. The molecule has 1 N–H and O–H groups in total. The number of fused-ring (bicyclic) bond motifs is 1. The van der Waals surface area contributed by atoms with Crippen LogP contribution < -0.4 is 14.4 Å². The zero-order valence-corrected chi connectivity index (χ0v) is 14.3. The SMILES string of the molecule is COc1ccc(S(=O)(=O)Nc2ccc3c(c2)CCC(=O)N3C)cc1. The van der Waals surface area contributed by atoms with Gasteiger partial charge in [0.25, 0.3) is 10.0 Å². The summed E-state index contributed by atoms with van der Waals surface area (Å²) in [5.74, 6) is 0.657. The molecule has 3 rings (SSSR count). The Labute approximate surface area is 141 Å². The zero-order chi connectivity index (χ0) is 17.3. The van der Waals surface area contributed by atoms with Crippen molar-refractivity contribution in [3.05, 3.63) is 48.0 Å². The molecule has 6 nitrogen and oxygen atoms in total. The number of nitrogens with zero attached hydrogens (tertiary/aromatic N) is 1. The van der Waals surface area contributed by atoms with Crippen molar-refractivity contribution in [2.24, 2.45) is 0 Å². The van der Waals surface area contributed by atoms with Gasteiger partial charge in [-0.05, 0) is 54.4 Å². The van der Waals surface area contributed by atoms with Gasteiger partial charge < -0.3 is 9.64 Å². The van der Waals surface area contributed by atoms with E-state index in [-0.39, 0.29) is 10.8 Å². The molecule has 0 aliphatic carbocycles. The van der Waals surface area contributed by atoms with Gasteiger partial charge in [0.1, 0.15) is 5.75 Å². The van der Waals surface area contributed by atoms with Crippen molar-refractivity contribution in [1.29, 1.82) is 0 Å². The van der Waals surface area contributed by atoms with Crippen molar-refractivity contribution < 1.29 is 17.9 Å². The number of hydrogen-bond acceptors (Lipinski definition) is 4. The molecule has 2 aromatic carbocycles. The second-order valence-electron chi connectivity index (χ2n) is 5.58. The predicted molar refractivity (Wildman–Crippen MR) is 92.0 cm³/mol. The van der Waals surface area contributed by atoms with E-state index in [9.17, 15) is 13.2 Å². The molecule has 1 aliphatic rings. The first-order valence-electron chi connectivity index (χ1n) is 7.47. The number of rotatable bonds is 4. The molecule has 0 saturated heterocycles. The van der Waals surface area contributed by atoms with Gasteiger partial charge in [-0.3, -0.25) is 9.52 Å². The molecule has 0 atom stereocenters. The number of amides is 1. The van der Waals surface area contributed by atoms with Crippen molar-refractivity contribution in [1.82, 2.24) is 0 Å². The van der Waals surface area contributed by atoms with Gasteiger partial charge in [0.15, 0.2) is 0 Å². The summed E-state index contributed by atoms with van der Waals surface area (Å²) in [6, 6.07) is 11.4. The molecule has 0 radical (unpaired) electrons. The standard InChI is InChI=1S/C17H18N2O4S/c1-19-16-9-4-13(11-12(16)3-10-17(19)20)18-24(21,22)15-7-5-14(23-2)6-8-15/h4-9,11,18H,3,10H2,1-2H3. The molecule has 0 saturated carbocycles. The molecule has 1 aliphatic heterocycles. The molecular weight excluding hydrogens is 328 g/mol. The normalized spacial score (nSPS) is 14.2. The van der Waals surface area contributed by atoms with Crippen LogP contribution >= 0.6 is 0 Å². The first kappa shape index (κ1) is 16.3. The Kier molecular flexibility index (Phi) is 4.19. The number of ether oxygens (including phenoxy) is 1. The molecule has 1 amide bonds. The number of methoxy groups -OCH3 is 1. The molecule has 0 fully saturated rings. The van der Waals surface area contributed by atoms with Crippen LogP contribution in [0, 0.1) is 0 Å². The summed E-state index contributed by atoms with van der Waals surface area (Å²) in [6.07, 6.45) is 1.04. The lowest BCUT2D eigenvalue weighted by Crippen LogP contribution is -2.31. The maximum Gasteiger partial charge on any atom is 0.261 e. The monoisotopic (exact) mass is 346 g/mol.